The molecule has 144 valence electrons. The van der Waals surface area contributed by atoms with Gasteiger partial charge in [-0.3, -0.25) is 9.59 Å². The predicted octanol–water partition coefficient (Wildman–Crippen LogP) is 2.01. The fourth-order valence-electron chi connectivity index (χ4n) is 2.85. The first-order valence-electron chi connectivity index (χ1n) is 9.16. The molecule has 1 aliphatic rings. The van der Waals surface area contributed by atoms with Gasteiger partial charge in [0.1, 0.15) is 0 Å². The largest absolute Gasteiger partial charge is 0.381 e. The smallest absolute Gasteiger partial charge is 0.279 e. The summed E-state index contributed by atoms with van der Waals surface area (Å²) < 4.78 is 11.2. The van der Waals surface area contributed by atoms with Gasteiger partial charge in [0.15, 0.2) is 5.69 Å². The highest BCUT2D eigenvalue weighted by Gasteiger charge is 2.15. The minimum absolute atomic E-state index is 0.111. The van der Waals surface area contributed by atoms with Gasteiger partial charge in [0, 0.05) is 25.5 Å². The average Bonchev–Trinajstić information content (AvgIpc) is 2.69. The molecule has 1 aromatic carbocycles. The van der Waals surface area contributed by atoms with Gasteiger partial charge < -0.3 is 19.8 Å². The van der Waals surface area contributed by atoms with Crippen molar-refractivity contribution in [3.05, 3.63) is 62.8 Å². The number of hydrogen-bond donors (Lipinski definition) is 2. The summed E-state index contributed by atoms with van der Waals surface area (Å²) in [5.41, 5.74) is 2.74. The highest BCUT2D eigenvalue weighted by Crippen LogP contribution is 2.14. The Labute approximate surface area is 158 Å². The van der Waals surface area contributed by atoms with Gasteiger partial charge in [0.25, 0.3) is 11.5 Å². The second kappa shape index (κ2) is 8.92. The van der Waals surface area contributed by atoms with Crippen LogP contribution < -0.4 is 10.9 Å². The van der Waals surface area contributed by atoms with Crippen molar-refractivity contribution in [3.63, 3.8) is 0 Å². The lowest BCUT2D eigenvalue weighted by atomic mass is 10.1. The molecule has 2 heterocycles. The maximum absolute atomic E-state index is 12.2. The first kappa shape index (κ1) is 19.3. The molecule has 1 aromatic heterocycles. The van der Waals surface area contributed by atoms with Gasteiger partial charge in [-0.2, -0.15) is 0 Å². The van der Waals surface area contributed by atoms with Crippen LogP contribution in [0.25, 0.3) is 0 Å². The number of aromatic amines is 1. The molecule has 1 fully saturated rings. The van der Waals surface area contributed by atoms with E-state index in [0.29, 0.717) is 24.5 Å². The third-order valence-corrected chi connectivity index (χ3v) is 4.68. The fourth-order valence-corrected chi connectivity index (χ4v) is 2.85. The standard InChI is InChI=1S/C20H25N3O4/c1-13-14(2)23-20(25)18(22-13)19(24)21-11-15-3-5-16(6-4-15)12-27-17-7-9-26-10-8-17/h3-6,17H,7-12H2,1-2H3,(H,21,24)(H,23,25). The van der Waals surface area contributed by atoms with Gasteiger partial charge in [0.05, 0.1) is 18.4 Å². The normalized spacial score (nSPS) is 14.9. The number of nitrogens with zero attached hydrogens (tertiary/aromatic N) is 1. The van der Waals surface area contributed by atoms with Crippen molar-refractivity contribution in [1.82, 2.24) is 15.3 Å². The van der Waals surface area contributed by atoms with Crippen molar-refractivity contribution in [2.45, 2.75) is 45.9 Å². The number of hydrogen-bond acceptors (Lipinski definition) is 5. The van der Waals surface area contributed by atoms with Crippen LogP contribution in [0, 0.1) is 13.8 Å². The Bertz CT molecular complexity index is 839. The predicted molar refractivity (Wildman–Crippen MR) is 101 cm³/mol. The fraction of sp³-hybridized carbons (Fsp3) is 0.450. The topological polar surface area (TPSA) is 93.3 Å². The molecule has 1 aliphatic heterocycles. The lowest BCUT2D eigenvalue weighted by molar-refractivity contribution is -0.0390. The number of aromatic nitrogens is 2. The molecule has 1 saturated heterocycles. The zero-order chi connectivity index (χ0) is 19.2. The quantitative estimate of drug-likeness (QED) is 0.810. The molecule has 0 bridgehead atoms. The number of aryl methyl sites for hydroxylation is 2. The first-order chi connectivity index (χ1) is 13.0. The van der Waals surface area contributed by atoms with Gasteiger partial charge in [-0.25, -0.2) is 4.98 Å². The molecule has 3 rings (SSSR count). The lowest BCUT2D eigenvalue weighted by Gasteiger charge is -2.22. The number of benzene rings is 1. The van der Waals surface area contributed by atoms with E-state index in [2.05, 4.69) is 15.3 Å². The van der Waals surface area contributed by atoms with Gasteiger partial charge in [-0.15, -0.1) is 0 Å². The van der Waals surface area contributed by atoms with E-state index < -0.39 is 11.5 Å². The van der Waals surface area contributed by atoms with E-state index in [1.807, 2.05) is 24.3 Å². The van der Waals surface area contributed by atoms with Gasteiger partial charge in [-0.1, -0.05) is 24.3 Å². The molecular formula is C20H25N3O4. The van der Waals surface area contributed by atoms with Crippen molar-refractivity contribution in [1.29, 1.82) is 0 Å². The number of H-pyrrole nitrogens is 1. The molecule has 1 amide bonds. The van der Waals surface area contributed by atoms with Crippen LogP contribution in [0.5, 0.6) is 0 Å². The second-order valence-electron chi connectivity index (χ2n) is 6.75. The van der Waals surface area contributed by atoms with Gasteiger partial charge >= 0.3 is 0 Å². The molecule has 2 N–H and O–H groups in total. The summed E-state index contributed by atoms with van der Waals surface area (Å²) in [5.74, 6) is -0.480. The van der Waals surface area contributed by atoms with Crippen LogP contribution in [0.15, 0.2) is 29.1 Å². The SMILES string of the molecule is Cc1nc(C(=O)NCc2ccc(COC3CCOCC3)cc2)c(=O)[nH]c1C. The van der Waals surface area contributed by atoms with Crippen LogP contribution in [0.4, 0.5) is 0 Å². The maximum Gasteiger partial charge on any atom is 0.279 e. The summed E-state index contributed by atoms with van der Waals surface area (Å²) in [6.45, 7) is 5.93. The summed E-state index contributed by atoms with van der Waals surface area (Å²) in [7, 11) is 0. The molecular weight excluding hydrogens is 346 g/mol. The Morgan fingerprint density at radius 2 is 1.89 bits per heavy atom. The summed E-state index contributed by atoms with van der Waals surface area (Å²) in [6.07, 6.45) is 2.15. The molecule has 0 spiro atoms. The van der Waals surface area contributed by atoms with E-state index in [1.54, 1.807) is 13.8 Å². The Hall–Kier alpha value is -2.51. The lowest BCUT2D eigenvalue weighted by Crippen LogP contribution is -2.31. The molecule has 0 saturated carbocycles. The Morgan fingerprint density at radius 1 is 1.22 bits per heavy atom. The van der Waals surface area contributed by atoms with E-state index in [4.69, 9.17) is 9.47 Å². The van der Waals surface area contributed by atoms with E-state index in [1.165, 1.54) is 0 Å². The number of carbonyl (C=O) groups excluding carboxylic acids is 1. The number of rotatable bonds is 6. The van der Waals surface area contributed by atoms with Crippen LogP contribution in [0.1, 0.15) is 45.8 Å². The van der Waals surface area contributed by atoms with Crippen molar-refractivity contribution in [3.8, 4) is 0 Å². The molecule has 0 aliphatic carbocycles. The van der Waals surface area contributed by atoms with Crippen LogP contribution in [0.2, 0.25) is 0 Å². The van der Waals surface area contributed by atoms with Crippen LogP contribution in [-0.2, 0) is 22.6 Å². The zero-order valence-electron chi connectivity index (χ0n) is 15.7. The van der Waals surface area contributed by atoms with Crippen molar-refractivity contribution < 1.29 is 14.3 Å². The van der Waals surface area contributed by atoms with Crippen molar-refractivity contribution >= 4 is 5.91 Å². The molecule has 0 radical (unpaired) electrons. The number of amides is 1. The number of ether oxygens (including phenoxy) is 2. The zero-order valence-corrected chi connectivity index (χ0v) is 15.7. The molecule has 2 aromatic rings. The van der Waals surface area contributed by atoms with Gasteiger partial charge in [-0.05, 0) is 37.8 Å². The Balaban J connectivity index is 1.51. The van der Waals surface area contributed by atoms with Crippen LogP contribution in [0.3, 0.4) is 0 Å². The number of carbonyl (C=O) groups is 1. The Kier molecular flexibility index (Phi) is 6.36. The van der Waals surface area contributed by atoms with E-state index >= 15 is 0 Å². The number of nitrogens with one attached hydrogen (secondary N) is 2. The summed E-state index contributed by atoms with van der Waals surface area (Å²) >= 11 is 0. The minimum Gasteiger partial charge on any atom is -0.381 e. The van der Waals surface area contributed by atoms with Crippen LogP contribution in [-0.4, -0.2) is 35.2 Å². The van der Waals surface area contributed by atoms with E-state index in [0.717, 1.165) is 37.2 Å². The highest BCUT2D eigenvalue weighted by molar-refractivity contribution is 5.91. The summed E-state index contributed by atoms with van der Waals surface area (Å²) in [6, 6.07) is 7.87. The third kappa shape index (κ3) is 5.24. The monoisotopic (exact) mass is 371 g/mol. The van der Waals surface area contributed by atoms with E-state index in [-0.39, 0.29) is 11.8 Å². The third-order valence-electron chi connectivity index (χ3n) is 4.68. The van der Waals surface area contributed by atoms with Crippen molar-refractivity contribution in [2.75, 3.05) is 13.2 Å². The maximum atomic E-state index is 12.2. The Morgan fingerprint density at radius 3 is 2.59 bits per heavy atom. The summed E-state index contributed by atoms with van der Waals surface area (Å²) in [4.78, 5) is 30.8. The van der Waals surface area contributed by atoms with E-state index in [9.17, 15) is 9.59 Å². The van der Waals surface area contributed by atoms with Gasteiger partial charge in [0.2, 0.25) is 0 Å². The van der Waals surface area contributed by atoms with Crippen molar-refractivity contribution in [2.24, 2.45) is 0 Å². The average molecular weight is 371 g/mol. The molecule has 27 heavy (non-hydrogen) atoms. The molecule has 0 atom stereocenters. The molecule has 7 nitrogen and oxygen atoms in total. The highest BCUT2D eigenvalue weighted by atomic mass is 16.5. The minimum atomic E-state index is -0.480. The summed E-state index contributed by atoms with van der Waals surface area (Å²) in [5, 5.41) is 2.74. The molecule has 7 heteroatoms. The first-order valence-corrected chi connectivity index (χ1v) is 9.16. The van der Waals surface area contributed by atoms with Crippen LogP contribution >= 0.6 is 0 Å². The second-order valence-corrected chi connectivity index (χ2v) is 6.75. The molecule has 0 unspecified atom stereocenters.